The van der Waals surface area contributed by atoms with Crippen molar-refractivity contribution in [3.05, 3.63) is 23.3 Å². The van der Waals surface area contributed by atoms with Crippen LogP contribution >= 0.6 is 0 Å². The van der Waals surface area contributed by atoms with Gasteiger partial charge in [0.05, 0.1) is 12.2 Å². The molecule has 0 radical (unpaired) electrons. The van der Waals surface area contributed by atoms with E-state index < -0.39 is 0 Å². The van der Waals surface area contributed by atoms with Gasteiger partial charge >= 0.3 is 0 Å². The Balaban J connectivity index is 1.75. The second-order valence-electron chi connectivity index (χ2n) is 5.97. The molecule has 0 aromatic heterocycles. The molecular formula is C15H16N2O2. The third-order valence-corrected chi connectivity index (χ3v) is 4.54. The standard InChI is InChI=1S/C15H16N2O2/c16-7-9-1-2-12-13(15(3-4-15)8-18-12)14(9)19-11-5-10(17)6-11/h1-2,10-11H,3-6,8,17H2/t10-,11+. The van der Waals surface area contributed by atoms with Gasteiger partial charge in [0, 0.05) is 17.0 Å². The highest BCUT2D eigenvalue weighted by atomic mass is 16.5. The number of rotatable bonds is 2. The van der Waals surface area contributed by atoms with Gasteiger partial charge in [0.15, 0.2) is 0 Å². The second kappa shape index (κ2) is 3.64. The van der Waals surface area contributed by atoms with Crippen molar-refractivity contribution in [2.75, 3.05) is 6.61 Å². The Labute approximate surface area is 112 Å². The molecule has 3 aliphatic rings. The number of ether oxygens (including phenoxy) is 2. The Kier molecular flexibility index (Phi) is 2.13. The first-order valence-electron chi connectivity index (χ1n) is 6.84. The Hall–Kier alpha value is -1.73. The van der Waals surface area contributed by atoms with Crippen molar-refractivity contribution in [2.24, 2.45) is 5.73 Å². The minimum Gasteiger partial charge on any atom is -0.492 e. The molecule has 1 spiro atoms. The molecule has 4 nitrogen and oxygen atoms in total. The fourth-order valence-corrected chi connectivity index (χ4v) is 3.10. The normalized spacial score (nSPS) is 29.1. The molecule has 0 unspecified atom stereocenters. The molecule has 0 atom stereocenters. The van der Waals surface area contributed by atoms with Crippen molar-refractivity contribution in [1.82, 2.24) is 0 Å². The van der Waals surface area contributed by atoms with E-state index in [0.717, 1.165) is 49.4 Å². The highest BCUT2D eigenvalue weighted by Gasteiger charge is 2.53. The molecular weight excluding hydrogens is 240 g/mol. The number of hydrogen-bond donors (Lipinski definition) is 1. The molecule has 0 amide bonds. The van der Waals surface area contributed by atoms with Gasteiger partial charge in [-0.2, -0.15) is 5.26 Å². The molecule has 4 rings (SSSR count). The monoisotopic (exact) mass is 256 g/mol. The van der Waals surface area contributed by atoms with E-state index in [9.17, 15) is 5.26 Å². The van der Waals surface area contributed by atoms with Crippen LogP contribution in [0.4, 0.5) is 0 Å². The van der Waals surface area contributed by atoms with E-state index in [4.69, 9.17) is 15.2 Å². The lowest BCUT2D eigenvalue weighted by Gasteiger charge is -2.33. The Morgan fingerprint density at radius 1 is 1.37 bits per heavy atom. The lowest BCUT2D eigenvalue weighted by molar-refractivity contribution is 0.0991. The predicted octanol–water partition coefficient (Wildman–Crippen LogP) is 1.85. The van der Waals surface area contributed by atoms with Gasteiger partial charge in [0.25, 0.3) is 0 Å². The smallest absolute Gasteiger partial charge is 0.145 e. The maximum Gasteiger partial charge on any atom is 0.145 e. The van der Waals surface area contributed by atoms with Gasteiger partial charge in [-0.3, -0.25) is 0 Å². The van der Waals surface area contributed by atoms with E-state index in [2.05, 4.69) is 6.07 Å². The van der Waals surface area contributed by atoms with Crippen LogP contribution in [0.15, 0.2) is 12.1 Å². The summed E-state index contributed by atoms with van der Waals surface area (Å²) in [6.45, 7) is 0.734. The fourth-order valence-electron chi connectivity index (χ4n) is 3.10. The summed E-state index contributed by atoms with van der Waals surface area (Å²) in [7, 11) is 0. The van der Waals surface area contributed by atoms with Crippen molar-refractivity contribution in [3.8, 4) is 17.6 Å². The SMILES string of the molecule is N#Cc1ccc2c(c1O[C@H]1C[C@@H](N)C1)C1(CC1)CO2. The Morgan fingerprint density at radius 3 is 2.79 bits per heavy atom. The summed E-state index contributed by atoms with van der Waals surface area (Å²) >= 11 is 0. The zero-order chi connectivity index (χ0) is 13.0. The highest BCUT2D eigenvalue weighted by Crippen LogP contribution is 2.59. The molecule has 2 aliphatic carbocycles. The van der Waals surface area contributed by atoms with Gasteiger partial charge < -0.3 is 15.2 Å². The van der Waals surface area contributed by atoms with Gasteiger partial charge in [-0.15, -0.1) is 0 Å². The molecule has 0 saturated heterocycles. The molecule has 1 aliphatic heterocycles. The fraction of sp³-hybridized carbons (Fsp3) is 0.533. The third-order valence-electron chi connectivity index (χ3n) is 4.54. The summed E-state index contributed by atoms with van der Waals surface area (Å²) in [4.78, 5) is 0. The minimum absolute atomic E-state index is 0.128. The zero-order valence-corrected chi connectivity index (χ0v) is 10.7. The average molecular weight is 256 g/mol. The number of nitriles is 1. The highest BCUT2D eigenvalue weighted by molar-refractivity contribution is 5.61. The topological polar surface area (TPSA) is 68.3 Å². The molecule has 1 aromatic rings. The molecule has 1 aromatic carbocycles. The van der Waals surface area contributed by atoms with Crippen molar-refractivity contribution >= 4 is 0 Å². The minimum atomic E-state index is 0.128. The van der Waals surface area contributed by atoms with Crippen LogP contribution in [0.5, 0.6) is 11.5 Å². The number of nitrogens with two attached hydrogens (primary N) is 1. The molecule has 4 heteroatoms. The van der Waals surface area contributed by atoms with E-state index in [1.54, 1.807) is 6.07 Å². The van der Waals surface area contributed by atoms with Crippen LogP contribution in [0, 0.1) is 11.3 Å². The number of benzene rings is 1. The summed E-state index contributed by atoms with van der Waals surface area (Å²) in [6.07, 6.45) is 4.18. The van der Waals surface area contributed by atoms with E-state index in [-0.39, 0.29) is 17.6 Å². The van der Waals surface area contributed by atoms with Crippen LogP contribution < -0.4 is 15.2 Å². The molecule has 98 valence electrons. The summed E-state index contributed by atoms with van der Waals surface area (Å²) in [5.41, 5.74) is 7.68. The lowest BCUT2D eigenvalue weighted by Crippen LogP contribution is -2.43. The molecule has 19 heavy (non-hydrogen) atoms. The third kappa shape index (κ3) is 1.55. The van der Waals surface area contributed by atoms with Crippen molar-refractivity contribution in [1.29, 1.82) is 5.26 Å². The molecule has 2 saturated carbocycles. The Morgan fingerprint density at radius 2 is 2.16 bits per heavy atom. The van der Waals surface area contributed by atoms with Crippen LogP contribution in [0.2, 0.25) is 0 Å². The largest absolute Gasteiger partial charge is 0.492 e. The van der Waals surface area contributed by atoms with Crippen molar-refractivity contribution in [3.63, 3.8) is 0 Å². The molecule has 2 fully saturated rings. The van der Waals surface area contributed by atoms with Crippen LogP contribution in [0.1, 0.15) is 36.8 Å². The Bertz CT molecular complexity index is 581. The zero-order valence-electron chi connectivity index (χ0n) is 10.7. The number of hydrogen-bond acceptors (Lipinski definition) is 4. The van der Waals surface area contributed by atoms with Gasteiger partial charge in [0.2, 0.25) is 0 Å². The molecule has 0 bridgehead atoms. The lowest BCUT2D eigenvalue weighted by atomic mass is 9.89. The van der Waals surface area contributed by atoms with Crippen molar-refractivity contribution < 1.29 is 9.47 Å². The summed E-state index contributed by atoms with van der Waals surface area (Å²) < 4.78 is 11.8. The predicted molar refractivity (Wildman–Crippen MR) is 69.2 cm³/mol. The van der Waals surface area contributed by atoms with Crippen LogP contribution in [-0.2, 0) is 5.41 Å². The average Bonchev–Trinajstić information content (AvgIpc) is 3.05. The quantitative estimate of drug-likeness (QED) is 0.876. The summed E-state index contributed by atoms with van der Waals surface area (Å²) in [5, 5.41) is 9.30. The van der Waals surface area contributed by atoms with Crippen LogP contribution in [0.25, 0.3) is 0 Å². The van der Waals surface area contributed by atoms with E-state index in [1.807, 2.05) is 6.07 Å². The van der Waals surface area contributed by atoms with Crippen molar-refractivity contribution in [2.45, 2.75) is 43.2 Å². The van der Waals surface area contributed by atoms with Gasteiger partial charge in [0.1, 0.15) is 23.7 Å². The number of fused-ring (bicyclic) bond motifs is 2. The first-order chi connectivity index (χ1) is 9.22. The molecule has 2 N–H and O–H groups in total. The summed E-state index contributed by atoms with van der Waals surface area (Å²) in [6, 6.07) is 6.20. The molecule has 1 heterocycles. The van der Waals surface area contributed by atoms with Crippen LogP contribution in [0.3, 0.4) is 0 Å². The first kappa shape index (κ1) is 11.1. The maximum atomic E-state index is 9.30. The van der Waals surface area contributed by atoms with Gasteiger partial charge in [-0.1, -0.05) is 0 Å². The van der Waals surface area contributed by atoms with Gasteiger partial charge in [-0.05, 0) is 37.8 Å². The first-order valence-corrected chi connectivity index (χ1v) is 6.84. The summed E-state index contributed by atoms with van der Waals surface area (Å²) in [5.74, 6) is 1.65. The van der Waals surface area contributed by atoms with Gasteiger partial charge in [-0.25, -0.2) is 0 Å². The maximum absolute atomic E-state index is 9.30. The van der Waals surface area contributed by atoms with E-state index >= 15 is 0 Å². The second-order valence-corrected chi connectivity index (χ2v) is 5.97. The van der Waals surface area contributed by atoms with E-state index in [0.29, 0.717) is 5.56 Å². The van der Waals surface area contributed by atoms with E-state index in [1.165, 1.54) is 0 Å². The van der Waals surface area contributed by atoms with Crippen LogP contribution in [-0.4, -0.2) is 18.8 Å². The number of nitrogens with zero attached hydrogens (tertiary/aromatic N) is 1.